The van der Waals surface area contributed by atoms with Crippen molar-refractivity contribution in [3.63, 3.8) is 0 Å². The van der Waals surface area contributed by atoms with E-state index in [1.54, 1.807) is 0 Å². The van der Waals surface area contributed by atoms with Gasteiger partial charge in [0.25, 0.3) is 5.95 Å². The van der Waals surface area contributed by atoms with Crippen LogP contribution in [0.15, 0.2) is 4.52 Å². The average Bonchev–Trinajstić information content (AvgIpc) is 2.98. The second kappa shape index (κ2) is 6.13. The number of anilines is 1. The number of hydrogen-bond donors (Lipinski definition) is 1. The predicted octanol–water partition coefficient (Wildman–Crippen LogP) is 2.25. The van der Waals surface area contributed by atoms with Crippen molar-refractivity contribution in [2.75, 3.05) is 25.0 Å². The highest BCUT2D eigenvalue weighted by atomic mass is 16.5. The van der Waals surface area contributed by atoms with E-state index < -0.39 is 0 Å². The van der Waals surface area contributed by atoms with Crippen LogP contribution in [0.4, 0.5) is 5.95 Å². The third kappa shape index (κ3) is 2.95. The molecule has 4 heterocycles. The molecule has 0 aliphatic carbocycles. The minimum absolute atomic E-state index is 0.0127. The fraction of sp³-hybridized carbons (Fsp3) is 0.800. The number of carbonyl (C=O) groups is 1. The van der Waals surface area contributed by atoms with E-state index in [0.29, 0.717) is 23.7 Å². The maximum atomic E-state index is 12.0. The van der Waals surface area contributed by atoms with Gasteiger partial charge < -0.3 is 9.42 Å². The van der Waals surface area contributed by atoms with Gasteiger partial charge in [0.1, 0.15) is 0 Å². The Balaban J connectivity index is 1.65. The van der Waals surface area contributed by atoms with Crippen LogP contribution in [0.5, 0.6) is 0 Å². The lowest BCUT2D eigenvalue weighted by Gasteiger charge is -2.43. The first-order chi connectivity index (χ1) is 10.2. The topological polar surface area (TPSA) is 71.3 Å². The van der Waals surface area contributed by atoms with Crippen LogP contribution in [-0.4, -0.2) is 40.6 Å². The third-order valence-electron chi connectivity index (χ3n) is 5.01. The second-order valence-electron chi connectivity index (χ2n) is 6.20. The molecule has 3 aliphatic rings. The molecule has 3 fully saturated rings. The Morgan fingerprint density at radius 1 is 1.38 bits per heavy atom. The maximum Gasteiger partial charge on any atom is 0.270 e. The van der Waals surface area contributed by atoms with Crippen LogP contribution in [0.25, 0.3) is 0 Å². The lowest BCUT2D eigenvalue weighted by atomic mass is 9.79. The molecule has 0 aromatic carbocycles. The van der Waals surface area contributed by atoms with Crippen LogP contribution < -0.4 is 5.32 Å². The van der Waals surface area contributed by atoms with E-state index in [-0.39, 0.29) is 11.8 Å². The number of fused-ring (bicyclic) bond motifs is 3. The standard InChI is InChI=1S/C15H24N4O2/c1-3-10(4-2)13(20)16-15-17-14(21-18-15)12-9-19-7-5-11(12)6-8-19/h10-12H,3-9H2,1-2H3,(H,16,18,20). The highest BCUT2D eigenvalue weighted by Gasteiger charge is 2.38. The van der Waals surface area contributed by atoms with Crippen LogP contribution in [0, 0.1) is 11.8 Å². The van der Waals surface area contributed by atoms with Crippen LogP contribution in [0.2, 0.25) is 0 Å². The maximum absolute atomic E-state index is 12.0. The molecule has 1 aromatic rings. The van der Waals surface area contributed by atoms with Crippen molar-refractivity contribution in [1.82, 2.24) is 15.0 Å². The summed E-state index contributed by atoms with van der Waals surface area (Å²) in [6, 6.07) is 0. The van der Waals surface area contributed by atoms with Gasteiger partial charge in [0.15, 0.2) is 0 Å². The normalized spacial score (nSPS) is 28.0. The van der Waals surface area contributed by atoms with Gasteiger partial charge in [-0.3, -0.25) is 10.1 Å². The number of nitrogens with zero attached hydrogens (tertiary/aromatic N) is 3. The summed E-state index contributed by atoms with van der Waals surface area (Å²) < 4.78 is 5.40. The zero-order chi connectivity index (χ0) is 14.8. The van der Waals surface area contributed by atoms with Crippen molar-refractivity contribution in [3.8, 4) is 0 Å². The van der Waals surface area contributed by atoms with Gasteiger partial charge in [-0.25, -0.2) is 0 Å². The molecule has 4 rings (SSSR count). The number of rotatable bonds is 5. The van der Waals surface area contributed by atoms with Crippen LogP contribution in [-0.2, 0) is 4.79 Å². The molecular formula is C15H24N4O2. The molecule has 1 N–H and O–H groups in total. The van der Waals surface area contributed by atoms with Gasteiger partial charge in [-0.2, -0.15) is 4.98 Å². The molecule has 6 heteroatoms. The fourth-order valence-corrected chi connectivity index (χ4v) is 3.55. The van der Waals surface area contributed by atoms with Crippen LogP contribution in [0.1, 0.15) is 51.3 Å². The Morgan fingerprint density at radius 2 is 2.10 bits per heavy atom. The summed E-state index contributed by atoms with van der Waals surface area (Å²) in [4.78, 5) is 18.9. The first-order valence-electron chi connectivity index (χ1n) is 8.08. The lowest BCUT2D eigenvalue weighted by molar-refractivity contribution is -0.120. The number of hydrogen-bond acceptors (Lipinski definition) is 5. The zero-order valence-corrected chi connectivity index (χ0v) is 12.8. The molecule has 2 bridgehead atoms. The summed E-state index contributed by atoms with van der Waals surface area (Å²) in [7, 11) is 0. The molecule has 1 unspecified atom stereocenters. The Labute approximate surface area is 125 Å². The number of aromatic nitrogens is 2. The summed E-state index contributed by atoms with van der Waals surface area (Å²) in [5.74, 6) is 1.99. The summed E-state index contributed by atoms with van der Waals surface area (Å²) in [5, 5.41) is 6.71. The van der Waals surface area contributed by atoms with E-state index in [4.69, 9.17) is 4.52 Å². The third-order valence-corrected chi connectivity index (χ3v) is 5.01. The Bertz CT molecular complexity index is 490. The van der Waals surface area contributed by atoms with Gasteiger partial charge in [-0.15, -0.1) is 0 Å². The Kier molecular flexibility index (Phi) is 4.24. The van der Waals surface area contributed by atoms with E-state index in [2.05, 4.69) is 20.4 Å². The van der Waals surface area contributed by atoms with Gasteiger partial charge in [0, 0.05) is 12.5 Å². The van der Waals surface area contributed by atoms with Crippen molar-refractivity contribution < 1.29 is 9.32 Å². The first-order valence-corrected chi connectivity index (χ1v) is 8.08. The highest BCUT2D eigenvalue weighted by Crippen LogP contribution is 2.38. The SMILES string of the molecule is CCC(CC)C(=O)Nc1noc(C2CN3CCC2CC3)n1. The van der Waals surface area contributed by atoms with Crippen molar-refractivity contribution in [2.24, 2.45) is 11.8 Å². The molecule has 3 aliphatic heterocycles. The van der Waals surface area contributed by atoms with Crippen LogP contribution >= 0.6 is 0 Å². The molecule has 0 radical (unpaired) electrons. The quantitative estimate of drug-likeness (QED) is 0.901. The number of carbonyl (C=O) groups excluding carboxylic acids is 1. The molecule has 116 valence electrons. The lowest BCUT2D eigenvalue weighted by Crippen LogP contribution is -2.46. The monoisotopic (exact) mass is 292 g/mol. The minimum Gasteiger partial charge on any atom is -0.337 e. The van der Waals surface area contributed by atoms with Crippen LogP contribution in [0.3, 0.4) is 0 Å². The van der Waals surface area contributed by atoms with E-state index >= 15 is 0 Å². The molecule has 1 atom stereocenters. The van der Waals surface area contributed by atoms with Crippen molar-refractivity contribution >= 4 is 11.9 Å². The van der Waals surface area contributed by atoms with E-state index in [1.807, 2.05) is 13.8 Å². The number of amides is 1. The largest absolute Gasteiger partial charge is 0.337 e. The fourth-order valence-electron chi connectivity index (χ4n) is 3.55. The highest BCUT2D eigenvalue weighted by molar-refractivity contribution is 5.90. The van der Waals surface area contributed by atoms with Gasteiger partial charge in [0.05, 0.1) is 5.92 Å². The van der Waals surface area contributed by atoms with E-state index in [0.717, 1.165) is 19.4 Å². The van der Waals surface area contributed by atoms with Gasteiger partial charge in [-0.05, 0) is 49.8 Å². The number of nitrogens with one attached hydrogen (secondary N) is 1. The molecule has 3 saturated heterocycles. The molecule has 0 saturated carbocycles. The second-order valence-corrected chi connectivity index (χ2v) is 6.20. The Hall–Kier alpha value is -1.43. The zero-order valence-electron chi connectivity index (χ0n) is 12.8. The smallest absolute Gasteiger partial charge is 0.270 e. The predicted molar refractivity (Wildman–Crippen MR) is 78.9 cm³/mol. The molecule has 21 heavy (non-hydrogen) atoms. The number of piperidine rings is 3. The molecule has 1 amide bonds. The Morgan fingerprint density at radius 3 is 2.67 bits per heavy atom. The summed E-state index contributed by atoms with van der Waals surface area (Å²) in [6.45, 7) is 7.42. The van der Waals surface area contributed by atoms with E-state index in [1.165, 1.54) is 25.9 Å². The average molecular weight is 292 g/mol. The summed E-state index contributed by atoms with van der Waals surface area (Å²) >= 11 is 0. The van der Waals surface area contributed by atoms with E-state index in [9.17, 15) is 4.79 Å². The first kappa shape index (κ1) is 14.5. The van der Waals surface area contributed by atoms with Crippen molar-refractivity contribution in [1.29, 1.82) is 0 Å². The van der Waals surface area contributed by atoms with Gasteiger partial charge in [0.2, 0.25) is 11.8 Å². The summed E-state index contributed by atoms with van der Waals surface area (Å²) in [6.07, 6.45) is 4.07. The van der Waals surface area contributed by atoms with Gasteiger partial charge >= 0.3 is 0 Å². The molecule has 1 aromatic heterocycles. The molecule has 6 nitrogen and oxygen atoms in total. The van der Waals surface area contributed by atoms with Gasteiger partial charge in [-0.1, -0.05) is 13.8 Å². The molecule has 0 spiro atoms. The summed E-state index contributed by atoms with van der Waals surface area (Å²) in [5.41, 5.74) is 0. The molecular weight excluding hydrogens is 268 g/mol. The van der Waals surface area contributed by atoms with Crippen molar-refractivity contribution in [2.45, 2.75) is 45.4 Å². The van der Waals surface area contributed by atoms with Crippen molar-refractivity contribution in [3.05, 3.63) is 5.89 Å². The minimum atomic E-state index is -0.0127.